The van der Waals surface area contributed by atoms with Crippen molar-refractivity contribution in [3.63, 3.8) is 0 Å². The molecule has 268 valence electrons. The second-order valence-corrected chi connectivity index (χ2v) is 16.3. The summed E-state index contributed by atoms with van der Waals surface area (Å²) in [5.74, 6) is 0. The lowest BCUT2D eigenvalue weighted by Crippen LogP contribution is -2.27. The number of thiophene rings is 1. The smallest absolute Gasteiger partial charge is 0.0547 e. The molecule has 0 radical (unpaired) electrons. The van der Waals surface area contributed by atoms with Crippen molar-refractivity contribution >= 4 is 65.6 Å². The molecule has 0 fully saturated rings. The Labute approximate surface area is 332 Å². The maximum absolute atomic E-state index is 2.59. The van der Waals surface area contributed by atoms with Gasteiger partial charge in [-0.3, -0.25) is 0 Å². The number of hydrogen-bond donors (Lipinski definition) is 0. The molecule has 0 aliphatic heterocycles. The van der Waals surface area contributed by atoms with E-state index in [0.29, 0.717) is 0 Å². The van der Waals surface area contributed by atoms with Crippen LogP contribution in [0.25, 0.3) is 31.3 Å². The van der Waals surface area contributed by atoms with Gasteiger partial charge >= 0.3 is 0 Å². The van der Waals surface area contributed by atoms with Crippen LogP contribution in [0.1, 0.15) is 35.1 Å². The van der Waals surface area contributed by atoms with Crippen LogP contribution >= 0.6 is 11.3 Å². The molecule has 1 heterocycles. The SMILES string of the molecule is c1ccc(-c2c(N(c3ccccc3)c3cccc4c3[C@]3(CCc5cccc(N(c6ccccc6)c6ccccc6)c53)CC4)ccc3sc4ccccc4c23)cc1. The van der Waals surface area contributed by atoms with Gasteiger partial charge in [0.2, 0.25) is 0 Å². The van der Waals surface area contributed by atoms with Gasteiger partial charge in [-0.1, -0.05) is 127 Å². The molecule has 1 aromatic heterocycles. The Kier molecular flexibility index (Phi) is 7.89. The van der Waals surface area contributed by atoms with Gasteiger partial charge in [0.25, 0.3) is 0 Å². The first-order valence-corrected chi connectivity index (χ1v) is 20.6. The number of nitrogens with zero attached hydrogens (tertiary/aromatic N) is 2. The minimum absolute atomic E-state index is 0.154. The Balaban J connectivity index is 1.19. The van der Waals surface area contributed by atoms with Gasteiger partial charge in [-0.2, -0.15) is 0 Å². The molecule has 0 unspecified atom stereocenters. The molecule has 0 saturated carbocycles. The van der Waals surface area contributed by atoms with Crippen LogP contribution in [0.2, 0.25) is 0 Å². The van der Waals surface area contributed by atoms with E-state index in [-0.39, 0.29) is 5.41 Å². The highest BCUT2D eigenvalue weighted by molar-refractivity contribution is 7.26. The van der Waals surface area contributed by atoms with Gasteiger partial charge < -0.3 is 9.80 Å². The Morgan fingerprint density at radius 2 is 0.893 bits per heavy atom. The van der Waals surface area contributed by atoms with Crippen molar-refractivity contribution in [1.82, 2.24) is 0 Å². The second-order valence-electron chi connectivity index (χ2n) is 15.2. The number of anilines is 6. The van der Waals surface area contributed by atoms with E-state index in [4.69, 9.17) is 0 Å². The third-order valence-electron chi connectivity index (χ3n) is 12.2. The molecule has 0 bridgehead atoms. The third-order valence-corrected chi connectivity index (χ3v) is 13.3. The highest BCUT2D eigenvalue weighted by atomic mass is 32.1. The maximum Gasteiger partial charge on any atom is 0.0547 e. The minimum atomic E-state index is -0.154. The molecule has 2 aliphatic rings. The van der Waals surface area contributed by atoms with Gasteiger partial charge in [0.15, 0.2) is 0 Å². The molecule has 3 heteroatoms. The fourth-order valence-electron chi connectivity index (χ4n) is 9.97. The lowest BCUT2D eigenvalue weighted by atomic mass is 9.74. The first-order chi connectivity index (χ1) is 27.8. The van der Waals surface area contributed by atoms with E-state index in [2.05, 4.69) is 204 Å². The summed E-state index contributed by atoms with van der Waals surface area (Å²) < 4.78 is 2.63. The van der Waals surface area contributed by atoms with Crippen LogP contribution in [0, 0.1) is 0 Å². The minimum Gasteiger partial charge on any atom is -0.310 e. The molecule has 2 aliphatic carbocycles. The molecular weight excluding hydrogens is 697 g/mol. The normalized spacial score (nSPS) is 15.6. The largest absolute Gasteiger partial charge is 0.310 e. The van der Waals surface area contributed by atoms with Crippen molar-refractivity contribution in [3.8, 4) is 11.1 Å². The van der Waals surface area contributed by atoms with Crippen molar-refractivity contribution < 1.29 is 0 Å². The van der Waals surface area contributed by atoms with Crippen molar-refractivity contribution in [1.29, 1.82) is 0 Å². The standard InChI is InChI=1S/C53H40N2S/c1-5-17-37(18-6-1)49-44(31-32-48-50(49)43-27-13-14-30-47(43)56-48)55(42-25-11-4-12-26-42)46-29-16-20-39-34-36-53(52(39)46)35-33-38-19-15-28-45(51(38)53)54(40-21-7-2-8-22-40)41-23-9-3-10-24-41/h1-32H,33-36H2/t53-/m1/s1. The predicted octanol–water partition coefficient (Wildman–Crippen LogP) is 14.8. The van der Waals surface area contributed by atoms with Crippen LogP contribution in [0.15, 0.2) is 194 Å². The maximum atomic E-state index is 2.59. The number of benzene rings is 8. The lowest BCUT2D eigenvalue weighted by molar-refractivity contribution is 0.508. The Hall–Kier alpha value is -6.42. The quantitative estimate of drug-likeness (QED) is 0.161. The number of aryl methyl sites for hydroxylation is 2. The van der Waals surface area contributed by atoms with Crippen LogP contribution < -0.4 is 9.80 Å². The monoisotopic (exact) mass is 736 g/mol. The zero-order valence-corrected chi connectivity index (χ0v) is 31.9. The van der Waals surface area contributed by atoms with Crippen LogP contribution in [0.5, 0.6) is 0 Å². The summed E-state index contributed by atoms with van der Waals surface area (Å²) >= 11 is 1.89. The van der Waals surface area contributed by atoms with E-state index < -0.39 is 0 Å². The fraction of sp³-hybridized carbons (Fsp3) is 0.0943. The Bertz CT molecular complexity index is 2820. The van der Waals surface area contributed by atoms with Crippen LogP contribution in [-0.2, 0) is 18.3 Å². The molecule has 11 rings (SSSR count). The molecular formula is C53H40N2S. The zero-order chi connectivity index (χ0) is 37.1. The summed E-state index contributed by atoms with van der Waals surface area (Å²) in [6, 6.07) is 71.7. The molecule has 1 atom stereocenters. The van der Waals surface area contributed by atoms with E-state index in [9.17, 15) is 0 Å². The fourth-order valence-corrected chi connectivity index (χ4v) is 11.1. The molecule has 2 nitrogen and oxygen atoms in total. The lowest BCUT2D eigenvalue weighted by Gasteiger charge is -2.37. The van der Waals surface area contributed by atoms with Crippen molar-refractivity contribution in [2.24, 2.45) is 0 Å². The highest BCUT2D eigenvalue weighted by Gasteiger charge is 2.49. The Morgan fingerprint density at radius 1 is 0.393 bits per heavy atom. The Morgan fingerprint density at radius 3 is 1.48 bits per heavy atom. The number of para-hydroxylation sites is 3. The van der Waals surface area contributed by atoms with Gasteiger partial charge in [-0.15, -0.1) is 11.3 Å². The zero-order valence-electron chi connectivity index (χ0n) is 31.1. The summed E-state index contributed by atoms with van der Waals surface area (Å²) in [6.45, 7) is 0. The van der Waals surface area contributed by atoms with Crippen LogP contribution in [0.4, 0.5) is 34.1 Å². The molecule has 8 aromatic carbocycles. The average molecular weight is 737 g/mol. The van der Waals surface area contributed by atoms with Crippen molar-refractivity contribution in [2.75, 3.05) is 9.80 Å². The molecule has 0 amide bonds. The highest BCUT2D eigenvalue weighted by Crippen LogP contribution is 2.60. The molecule has 56 heavy (non-hydrogen) atoms. The van der Waals surface area contributed by atoms with E-state index in [1.165, 1.54) is 87.7 Å². The summed E-state index contributed by atoms with van der Waals surface area (Å²) in [6.07, 6.45) is 4.28. The van der Waals surface area contributed by atoms with Crippen LogP contribution in [-0.4, -0.2) is 0 Å². The number of fused-ring (bicyclic) bond motifs is 7. The summed E-state index contributed by atoms with van der Waals surface area (Å²) in [4.78, 5) is 5.08. The topological polar surface area (TPSA) is 6.48 Å². The van der Waals surface area contributed by atoms with Gasteiger partial charge in [-0.05, 0) is 120 Å². The molecule has 9 aromatic rings. The summed E-state index contributed by atoms with van der Waals surface area (Å²) in [5, 5.41) is 2.64. The molecule has 1 spiro atoms. The first kappa shape index (κ1) is 33.0. The van der Waals surface area contributed by atoms with Crippen LogP contribution in [0.3, 0.4) is 0 Å². The van der Waals surface area contributed by atoms with Crippen molar-refractivity contribution in [2.45, 2.75) is 31.1 Å². The van der Waals surface area contributed by atoms with E-state index in [0.717, 1.165) is 25.7 Å². The van der Waals surface area contributed by atoms with Gasteiger partial charge in [0, 0.05) is 48.2 Å². The number of rotatable bonds is 7. The van der Waals surface area contributed by atoms with Crippen molar-refractivity contribution in [3.05, 3.63) is 216 Å². The van der Waals surface area contributed by atoms with Gasteiger partial charge in [-0.25, -0.2) is 0 Å². The molecule has 0 N–H and O–H groups in total. The summed E-state index contributed by atoms with van der Waals surface area (Å²) in [7, 11) is 0. The van der Waals surface area contributed by atoms with Gasteiger partial charge in [0.05, 0.1) is 17.1 Å². The van der Waals surface area contributed by atoms with E-state index in [1.807, 2.05) is 11.3 Å². The first-order valence-electron chi connectivity index (χ1n) is 19.8. The number of hydrogen-bond acceptors (Lipinski definition) is 3. The molecule has 0 saturated heterocycles. The van der Waals surface area contributed by atoms with E-state index in [1.54, 1.807) is 0 Å². The third kappa shape index (κ3) is 5.15. The summed E-state index contributed by atoms with van der Waals surface area (Å²) in [5.41, 5.74) is 15.5. The predicted molar refractivity (Wildman–Crippen MR) is 238 cm³/mol. The second kappa shape index (κ2) is 13.4. The van der Waals surface area contributed by atoms with Gasteiger partial charge in [0.1, 0.15) is 0 Å². The average Bonchev–Trinajstić information content (AvgIpc) is 3.97. The van der Waals surface area contributed by atoms with E-state index >= 15 is 0 Å².